The lowest BCUT2D eigenvalue weighted by molar-refractivity contribution is 0.0754. The van der Waals surface area contributed by atoms with E-state index in [1.54, 1.807) is 12.4 Å². The average molecular weight is 293 g/mol. The van der Waals surface area contributed by atoms with Crippen LogP contribution in [-0.4, -0.2) is 65.9 Å². The summed E-state index contributed by atoms with van der Waals surface area (Å²) in [7, 11) is 4.03. The Balaban J connectivity index is 2.61. The zero-order chi connectivity index (χ0) is 15.7. The third-order valence-corrected chi connectivity index (χ3v) is 3.02. The minimum Gasteiger partial charge on any atom is -0.353 e. The molecule has 0 saturated heterocycles. The van der Waals surface area contributed by atoms with Gasteiger partial charge in [-0.15, -0.1) is 0 Å². The summed E-state index contributed by atoms with van der Waals surface area (Å²) in [6, 6.07) is 0. The summed E-state index contributed by atoms with van der Waals surface area (Å²) < 4.78 is 0. The SMILES string of the molecule is CCCN(CCC)C(=O)c1cnc(NCCN(C)C)nc1. The predicted molar refractivity (Wildman–Crippen MR) is 85.6 cm³/mol. The molecule has 1 rings (SSSR count). The van der Waals surface area contributed by atoms with Gasteiger partial charge in [0.2, 0.25) is 5.95 Å². The van der Waals surface area contributed by atoms with E-state index < -0.39 is 0 Å². The summed E-state index contributed by atoms with van der Waals surface area (Å²) in [5, 5.41) is 3.13. The Hall–Kier alpha value is -1.69. The van der Waals surface area contributed by atoms with Crippen LogP contribution in [0.15, 0.2) is 12.4 Å². The van der Waals surface area contributed by atoms with Crippen LogP contribution in [0.25, 0.3) is 0 Å². The number of nitrogens with one attached hydrogen (secondary N) is 1. The molecule has 1 amide bonds. The van der Waals surface area contributed by atoms with Gasteiger partial charge in [0.25, 0.3) is 5.91 Å². The van der Waals surface area contributed by atoms with Crippen LogP contribution in [0.1, 0.15) is 37.0 Å². The Morgan fingerprint density at radius 3 is 2.14 bits per heavy atom. The van der Waals surface area contributed by atoms with Gasteiger partial charge in [-0.2, -0.15) is 0 Å². The molecule has 0 aliphatic heterocycles. The maximum atomic E-state index is 12.4. The van der Waals surface area contributed by atoms with E-state index in [1.807, 2.05) is 19.0 Å². The molecule has 0 aromatic carbocycles. The fraction of sp³-hybridized carbons (Fsp3) is 0.667. The van der Waals surface area contributed by atoms with Crippen LogP contribution in [0.2, 0.25) is 0 Å². The molecular weight excluding hydrogens is 266 g/mol. The molecule has 0 radical (unpaired) electrons. The van der Waals surface area contributed by atoms with Crippen LogP contribution >= 0.6 is 0 Å². The maximum Gasteiger partial charge on any atom is 0.256 e. The van der Waals surface area contributed by atoms with Gasteiger partial charge in [-0.1, -0.05) is 13.8 Å². The van der Waals surface area contributed by atoms with Gasteiger partial charge in [-0.25, -0.2) is 9.97 Å². The summed E-state index contributed by atoms with van der Waals surface area (Å²) in [6.07, 6.45) is 5.12. The van der Waals surface area contributed by atoms with Crippen LogP contribution in [0.3, 0.4) is 0 Å². The third kappa shape index (κ3) is 6.08. The highest BCUT2D eigenvalue weighted by atomic mass is 16.2. The zero-order valence-corrected chi connectivity index (χ0v) is 13.6. The van der Waals surface area contributed by atoms with Gasteiger partial charge >= 0.3 is 0 Å². The fourth-order valence-corrected chi connectivity index (χ4v) is 1.96. The Morgan fingerprint density at radius 2 is 1.67 bits per heavy atom. The molecule has 118 valence electrons. The van der Waals surface area contributed by atoms with Crippen LogP contribution in [0, 0.1) is 0 Å². The summed E-state index contributed by atoms with van der Waals surface area (Å²) in [5.74, 6) is 0.574. The standard InChI is InChI=1S/C15H27N5O/c1-5-8-20(9-6-2)14(21)13-11-17-15(18-12-13)16-7-10-19(3)4/h11-12H,5-10H2,1-4H3,(H,16,17,18). The lowest BCUT2D eigenvalue weighted by Gasteiger charge is -2.21. The first-order valence-corrected chi connectivity index (χ1v) is 7.58. The van der Waals surface area contributed by atoms with E-state index in [4.69, 9.17) is 0 Å². The number of hydrogen-bond acceptors (Lipinski definition) is 5. The van der Waals surface area contributed by atoms with Crippen molar-refractivity contribution in [3.63, 3.8) is 0 Å². The molecule has 1 aromatic heterocycles. The largest absolute Gasteiger partial charge is 0.353 e. The number of carbonyl (C=O) groups is 1. The molecule has 0 spiro atoms. The summed E-state index contributed by atoms with van der Waals surface area (Å²) in [4.78, 5) is 24.7. The molecule has 0 aliphatic carbocycles. The molecule has 6 nitrogen and oxygen atoms in total. The molecule has 0 atom stereocenters. The van der Waals surface area contributed by atoms with Crippen LogP contribution in [0.4, 0.5) is 5.95 Å². The van der Waals surface area contributed by atoms with Crippen molar-refractivity contribution in [2.45, 2.75) is 26.7 Å². The average Bonchev–Trinajstić information content (AvgIpc) is 2.47. The lowest BCUT2D eigenvalue weighted by atomic mass is 10.2. The Morgan fingerprint density at radius 1 is 1.10 bits per heavy atom. The van der Waals surface area contributed by atoms with Crippen molar-refractivity contribution in [2.75, 3.05) is 45.6 Å². The van der Waals surface area contributed by atoms with E-state index >= 15 is 0 Å². The molecule has 21 heavy (non-hydrogen) atoms. The molecule has 0 unspecified atom stereocenters. The zero-order valence-electron chi connectivity index (χ0n) is 13.6. The first-order valence-electron chi connectivity index (χ1n) is 7.58. The highest BCUT2D eigenvalue weighted by Crippen LogP contribution is 2.06. The quantitative estimate of drug-likeness (QED) is 0.751. The van der Waals surface area contributed by atoms with Crippen molar-refractivity contribution in [3.05, 3.63) is 18.0 Å². The molecule has 1 heterocycles. The number of rotatable bonds is 9. The molecule has 1 N–H and O–H groups in total. The molecule has 0 bridgehead atoms. The van der Waals surface area contributed by atoms with E-state index in [0.29, 0.717) is 11.5 Å². The highest BCUT2D eigenvalue weighted by molar-refractivity contribution is 5.93. The smallest absolute Gasteiger partial charge is 0.256 e. The van der Waals surface area contributed by atoms with Crippen LogP contribution < -0.4 is 5.32 Å². The predicted octanol–water partition coefficient (Wildman–Crippen LogP) is 1.71. The highest BCUT2D eigenvalue weighted by Gasteiger charge is 2.14. The molecule has 0 aliphatic rings. The second-order valence-corrected chi connectivity index (χ2v) is 5.32. The van der Waals surface area contributed by atoms with Crippen molar-refractivity contribution in [1.82, 2.24) is 19.8 Å². The van der Waals surface area contributed by atoms with Crippen molar-refractivity contribution in [3.8, 4) is 0 Å². The van der Waals surface area contributed by atoms with Gasteiger partial charge in [0.1, 0.15) is 0 Å². The summed E-state index contributed by atoms with van der Waals surface area (Å²) in [5.41, 5.74) is 0.551. The van der Waals surface area contributed by atoms with E-state index in [-0.39, 0.29) is 5.91 Å². The topological polar surface area (TPSA) is 61.4 Å². The molecule has 1 aromatic rings. The Labute approximate surface area is 127 Å². The van der Waals surface area contributed by atoms with Gasteiger partial charge in [-0.3, -0.25) is 4.79 Å². The first-order chi connectivity index (χ1) is 10.1. The normalized spacial score (nSPS) is 10.7. The number of anilines is 1. The number of likely N-dealkylation sites (N-methyl/N-ethyl adjacent to an activating group) is 1. The lowest BCUT2D eigenvalue weighted by Crippen LogP contribution is -2.32. The molecule has 0 saturated carbocycles. The monoisotopic (exact) mass is 293 g/mol. The molecule has 0 fully saturated rings. The molecular formula is C15H27N5O. The van der Waals surface area contributed by atoms with Crippen molar-refractivity contribution < 1.29 is 4.79 Å². The number of carbonyl (C=O) groups excluding carboxylic acids is 1. The van der Waals surface area contributed by atoms with E-state index in [1.165, 1.54) is 0 Å². The van der Waals surface area contributed by atoms with E-state index in [0.717, 1.165) is 39.0 Å². The van der Waals surface area contributed by atoms with E-state index in [9.17, 15) is 4.79 Å². The fourth-order valence-electron chi connectivity index (χ4n) is 1.96. The summed E-state index contributed by atoms with van der Waals surface area (Å²) >= 11 is 0. The maximum absolute atomic E-state index is 12.4. The number of aromatic nitrogens is 2. The van der Waals surface area contributed by atoms with Crippen LogP contribution in [0.5, 0.6) is 0 Å². The number of hydrogen-bond donors (Lipinski definition) is 1. The minimum atomic E-state index is 0.0125. The second kappa shape index (κ2) is 9.28. The molecule has 6 heteroatoms. The van der Waals surface area contributed by atoms with Gasteiger partial charge in [0.05, 0.1) is 5.56 Å². The first kappa shape index (κ1) is 17.4. The van der Waals surface area contributed by atoms with Crippen LogP contribution in [-0.2, 0) is 0 Å². The van der Waals surface area contributed by atoms with Crippen molar-refractivity contribution >= 4 is 11.9 Å². The Kier molecular flexibility index (Phi) is 7.68. The van der Waals surface area contributed by atoms with Gasteiger partial charge in [0.15, 0.2) is 0 Å². The van der Waals surface area contributed by atoms with Gasteiger partial charge in [-0.05, 0) is 26.9 Å². The second-order valence-electron chi connectivity index (χ2n) is 5.32. The van der Waals surface area contributed by atoms with Gasteiger partial charge < -0.3 is 15.1 Å². The number of nitrogens with zero attached hydrogens (tertiary/aromatic N) is 4. The van der Waals surface area contributed by atoms with E-state index in [2.05, 4.69) is 34.0 Å². The summed E-state index contributed by atoms with van der Waals surface area (Å²) in [6.45, 7) is 7.38. The van der Waals surface area contributed by atoms with Gasteiger partial charge in [0, 0.05) is 38.6 Å². The number of amides is 1. The van der Waals surface area contributed by atoms with Crippen molar-refractivity contribution in [1.29, 1.82) is 0 Å². The third-order valence-electron chi connectivity index (χ3n) is 3.02. The van der Waals surface area contributed by atoms with Crippen molar-refractivity contribution in [2.24, 2.45) is 0 Å². The minimum absolute atomic E-state index is 0.0125. The Bertz CT molecular complexity index is 413.